The van der Waals surface area contributed by atoms with Crippen LogP contribution in [0.2, 0.25) is 0 Å². The van der Waals surface area contributed by atoms with Crippen LogP contribution in [0.3, 0.4) is 0 Å². The van der Waals surface area contributed by atoms with Crippen molar-refractivity contribution in [1.82, 2.24) is 14.6 Å². The van der Waals surface area contributed by atoms with Crippen molar-refractivity contribution in [2.24, 2.45) is 0 Å². The molecule has 0 bridgehead atoms. The molecule has 12 nitrogen and oxygen atoms in total. The van der Waals surface area contributed by atoms with E-state index in [-0.39, 0.29) is 29.8 Å². The van der Waals surface area contributed by atoms with Crippen molar-refractivity contribution >= 4 is 24.5 Å². The number of fused-ring (bicyclic) bond motifs is 1. The maximum Gasteiger partial charge on any atom is 0.459 e. The number of aliphatic hydroxyl groups is 1. The van der Waals surface area contributed by atoms with Gasteiger partial charge >= 0.3 is 19.4 Å². The SMILES string of the molecule is C[C@H](NP(=O)(OCC1=C(O)C[C@H](n2cc(F)c(=O)[nH]c2=O)O1)Oc1cccc2ccccc12)C(=O)OC1CCCC1. The van der Waals surface area contributed by atoms with E-state index in [1.165, 1.54) is 6.92 Å². The summed E-state index contributed by atoms with van der Waals surface area (Å²) in [4.78, 5) is 38.1. The minimum absolute atomic E-state index is 0.196. The third-order valence-corrected chi connectivity index (χ3v) is 8.44. The maximum absolute atomic E-state index is 14.1. The van der Waals surface area contributed by atoms with Gasteiger partial charge in [0, 0.05) is 5.39 Å². The van der Waals surface area contributed by atoms with Crippen molar-refractivity contribution in [2.45, 2.75) is 57.4 Å². The second-order valence-corrected chi connectivity index (χ2v) is 11.5. The molecule has 218 valence electrons. The molecule has 3 atom stereocenters. The van der Waals surface area contributed by atoms with Crippen LogP contribution in [0, 0.1) is 5.82 Å². The van der Waals surface area contributed by atoms with Crippen molar-refractivity contribution in [1.29, 1.82) is 0 Å². The molecule has 1 aliphatic carbocycles. The molecule has 2 aromatic carbocycles. The highest BCUT2D eigenvalue weighted by Crippen LogP contribution is 2.48. The van der Waals surface area contributed by atoms with Gasteiger partial charge in [0.15, 0.2) is 12.0 Å². The van der Waals surface area contributed by atoms with Crippen molar-refractivity contribution in [3.8, 4) is 5.75 Å². The molecule has 3 N–H and O–H groups in total. The van der Waals surface area contributed by atoms with Gasteiger partial charge in [-0.25, -0.2) is 9.36 Å². The van der Waals surface area contributed by atoms with Gasteiger partial charge in [0.05, 0.1) is 12.6 Å². The number of carbonyl (C=O) groups excluding carboxylic acids is 1. The Morgan fingerprint density at radius 1 is 1.22 bits per heavy atom. The lowest BCUT2D eigenvalue weighted by Gasteiger charge is -2.24. The molecule has 41 heavy (non-hydrogen) atoms. The predicted octanol–water partition coefficient (Wildman–Crippen LogP) is 4.19. The monoisotopic (exact) mass is 589 g/mol. The molecular formula is C27H29FN3O9P. The van der Waals surface area contributed by atoms with Gasteiger partial charge in [-0.2, -0.15) is 9.48 Å². The molecule has 2 aliphatic rings. The number of aromatic nitrogens is 2. The summed E-state index contributed by atoms with van der Waals surface area (Å²) in [5, 5.41) is 14.5. The lowest BCUT2D eigenvalue weighted by atomic mass is 10.1. The lowest BCUT2D eigenvalue weighted by molar-refractivity contribution is -0.150. The molecule has 5 rings (SSSR count). The minimum atomic E-state index is -4.35. The van der Waals surface area contributed by atoms with E-state index in [1.54, 1.807) is 24.3 Å². The van der Waals surface area contributed by atoms with Gasteiger partial charge in [0.25, 0.3) is 5.56 Å². The predicted molar refractivity (Wildman–Crippen MR) is 145 cm³/mol. The van der Waals surface area contributed by atoms with Crippen LogP contribution in [0.25, 0.3) is 10.8 Å². The summed E-state index contributed by atoms with van der Waals surface area (Å²) in [7, 11) is -4.35. The number of halogens is 1. The van der Waals surface area contributed by atoms with Gasteiger partial charge < -0.3 is 19.1 Å². The van der Waals surface area contributed by atoms with E-state index in [4.69, 9.17) is 18.5 Å². The number of rotatable bonds is 10. The number of carbonyl (C=O) groups is 1. The fourth-order valence-corrected chi connectivity index (χ4v) is 6.17. The summed E-state index contributed by atoms with van der Waals surface area (Å²) in [6, 6.07) is 11.3. The van der Waals surface area contributed by atoms with E-state index in [9.17, 15) is 28.4 Å². The fraction of sp³-hybridized carbons (Fsp3) is 0.370. The Hall–Kier alpha value is -3.93. The number of hydrogen-bond donors (Lipinski definition) is 3. The van der Waals surface area contributed by atoms with E-state index in [0.29, 0.717) is 11.6 Å². The smallest absolute Gasteiger partial charge is 0.459 e. The summed E-state index contributed by atoms with van der Waals surface area (Å²) in [5.74, 6) is -2.17. The summed E-state index contributed by atoms with van der Waals surface area (Å²) in [6.45, 7) is 0.873. The summed E-state index contributed by atoms with van der Waals surface area (Å²) in [5.41, 5.74) is -2.14. The zero-order valence-electron chi connectivity index (χ0n) is 22.1. The number of nitrogens with zero attached hydrogens (tertiary/aromatic N) is 1. The molecule has 1 aromatic heterocycles. The highest BCUT2D eigenvalue weighted by Gasteiger charge is 2.36. The van der Waals surface area contributed by atoms with Gasteiger partial charge in [0.1, 0.15) is 30.3 Å². The lowest BCUT2D eigenvalue weighted by Crippen LogP contribution is -2.36. The van der Waals surface area contributed by atoms with Crippen LogP contribution in [0.4, 0.5) is 4.39 Å². The molecule has 1 unspecified atom stereocenters. The quantitative estimate of drug-likeness (QED) is 0.231. The standard InChI is InChI=1S/C27H29FN3O9P/c1-16(26(34)38-18-9-3-4-10-18)30-41(36,40-22-12-6-8-17-7-2-5-11-19(17)22)37-15-23-21(32)13-24(39-23)31-14-20(28)25(33)29-27(31)35/h2,5-8,11-12,14,16,18,24,32H,3-4,9-10,13,15H2,1H3,(H,30,36)(H,29,33,35)/t16-,24+,41?/m0/s1. The molecule has 1 fully saturated rings. The Kier molecular flexibility index (Phi) is 8.30. The summed E-state index contributed by atoms with van der Waals surface area (Å²) in [6.07, 6.45) is 2.44. The summed E-state index contributed by atoms with van der Waals surface area (Å²) < 4.78 is 51.2. The normalized spacial score (nSPS) is 19.6. The first-order chi connectivity index (χ1) is 19.6. The Morgan fingerprint density at radius 2 is 1.95 bits per heavy atom. The third-order valence-electron chi connectivity index (χ3n) is 6.83. The third kappa shape index (κ3) is 6.53. The van der Waals surface area contributed by atoms with Gasteiger partial charge in [-0.15, -0.1) is 0 Å². The highest BCUT2D eigenvalue weighted by molar-refractivity contribution is 7.52. The number of hydrogen-bond acceptors (Lipinski definition) is 9. The molecule has 1 aliphatic heterocycles. The molecule has 0 radical (unpaired) electrons. The van der Waals surface area contributed by atoms with Crippen LogP contribution in [0.15, 0.2) is 69.8 Å². The molecule has 0 saturated heterocycles. The second kappa shape index (κ2) is 11.9. The first kappa shape index (κ1) is 28.6. The van der Waals surface area contributed by atoms with Crippen molar-refractivity contribution in [3.63, 3.8) is 0 Å². The summed E-state index contributed by atoms with van der Waals surface area (Å²) >= 11 is 0. The number of H-pyrrole nitrogens is 1. The Labute approximate surface area is 233 Å². The largest absolute Gasteiger partial charge is 0.508 e. The first-order valence-electron chi connectivity index (χ1n) is 13.1. The molecule has 1 saturated carbocycles. The molecule has 14 heteroatoms. The van der Waals surface area contributed by atoms with E-state index in [0.717, 1.165) is 35.6 Å². The van der Waals surface area contributed by atoms with E-state index in [2.05, 4.69) is 5.09 Å². The van der Waals surface area contributed by atoms with E-state index in [1.807, 2.05) is 23.2 Å². The molecule has 0 spiro atoms. The van der Waals surface area contributed by atoms with Crippen molar-refractivity contribution < 1.29 is 37.4 Å². The number of ether oxygens (including phenoxy) is 2. The zero-order valence-corrected chi connectivity index (χ0v) is 23.0. The molecular weight excluding hydrogens is 560 g/mol. The topological polar surface area (TPSA) is 158 Å². The number of aliphatic hydroxyl groups excluding tert-OH is 1. The highest BCUT2D eigenvalue weighted by atomic mass is 31.2. The number of esters is 1. The number of benzene rings is 2. The molecule has 0 amide bonds. The van der Waals surface area contributed by atoms with Crippen LogP contribution in [-0.2, 0) is 23.4 Å². The average Bonchev–Trinajstić information content (AvgIpc) is 3.59. The minimum Gasteiger partial charge on any atom is -0.508 e. The molecule has 3 aromatic rings. The van der Waals surface area contributed by atoms with E-state index < -0.39 is 49.7 Å². The van der Waals surface area contributed by atoms with E-state index >= 15 is 0 Å². The van der Waals surface area contributed by atoms with Crippen LogP contribution in [0.1, 0.15) is 45.3 Å². The fourth-order valence-electron chi connectivity index (χ4n) is 4.70. The first-order valence-corrected chi connectivity index (χ1v) is 14.6. The van der Waals surface area contributed by atoms with Crippen LogP contribution in [-0.4, -0.2) is 39.4 Å². The van der Waals surface area contributed by atoms with Crippen LogP contribution in [0.5, 0.6) is 5.75 Å². The van der Waals surface area contributed by atoms with Crippen molar-refractivity contribution in [2.75, 3.05) is 6.61 Å². The van der Waals surface area contributed by atoms with Crippen LogP contribution >= 0.6 is 7.75 Å². The Bertz CT molecular complexity index is 1640. The van der Waals surface area contributed by atoms with Gasteiger partial charge in [-0.3, -0.25) is 23.7 Å². The second-order valence-electron chi connectivity index (χ2n) is 9.82. The average molecular weight is 590 g/mol. The number of aromatic amines is 1. The number of nitrogens with one attached hydrogen (secondary N) is 2. The maximum atomic E-state index is 14.1. The van der Waals surface area contributed by atoms with Gasteiger partial charge in [-0.1, -0.05) is 36.4 Å². The van der Waals surface area contributed by atoms with Gasteiger partial charge in [-0.05, 0) is 44.1 Å². The zero-order chi connectivity index (χ0) is 29.1. The Balaban J connectivity index is 1.35. The van der Waals surface area contributed by atoms with Gasteiger partial charge in [0.2, 0.25) is 5.82 Å². The Morgan fingerprint density at radius 3 is 2.73 bits per heavy atom. The van der Waals surface area contributed by atoms with Crippen LogP contribution < -0.4 is 20.9 Å². The van der Waals surface area contributed by atoms with Crippen molar-refractivity contribution in [3.05, 3.63) is 86.8 Å². The molecule has 2 heterocycles.